The number of hydrogen-bond acceptors (Lipinski definition) is 1. The summed E-state index contributed by atoms with van der Waals surface area (Å²) in [7, 11) is 0. The van der Waals surface area contributed by atoms with Crippen LogP contribution in [0.4, 0.5) is 4.39 Å². The molecule has 0 aromatic heterocycles. The number of hydrogen-bond donors (Lipinski definition) is 1. The molecular weight excluding hydrogens is 143 g/mol. The first-order valence-corrected chi connectivity index (χ1v) is 3.50. The molecule has 0 heterocycles. The molecule has 1 aromatic carbocycles. The SMILES string of the molecule is Cc1cc(CF)cc(O)c1C. The van der Waals surface area contributed by atoms with Gasteiger partial charge in [-0.2, -0.15) is 0 Å². The Morgan fingerprint density at radius 2 is 2.00 bits per heavy atom. The van der Waals surface area contributed by atoms with E-state index in [4.69, 9.17) is 0 Å². The van der Waals surface area contributed by atoms with Gasteiger partial charge in [0.1, 0.15) is 12.4 Å². The smallest absolute Gasteiger partial charge is 0.119 e. The number of phenols is 1. The zero-order valence-corrected chi connectivity index (χ0v) is 6.69. The maximum absolute atomic E-state index is 12.1. The van der Waals surface area contributed by atoms with Gasteiger partial charge in [0.15, 0.2) is 0 Å². The van der Waals surface area contributed by atoms with Gasteiger partial charge in [-0.05, 0) is 36.6 Å². The molecule has 0 unspecified atom stereocenters. The van der Waals surface area contributed by atoms with Crippen molar-refractivity contribution in [2.24, 2.45) is 0 Å². The van der Waals surface area contributed by atoms with Crippen LogP contribution >= 0.6 is 0 Å². The van der Waals surface area contributed by atoms with Gasteiger partial charge < -0.3 is 5.11 Å². The largest absolute Gasteiger partial charge is 0.508 e. The van der Waals surface area contributed by atoms with Crippen molar-refractivity contribution in [2.45, 2.75) is 20.5 Å². The van der Waals surface area contributed by atoms with E-state index in [2.05, 4.69) is 0 Å². The molecule has 0 aliphatic heterocycles. The first kappa shape index (κ1) is 8.05. The van der Waals surface area contributed by atoms with Crippen LogP contribution in [0.5, 0.6) is 5.75 Å². The average molecular weight is 154 g/mol. The number of rotatable bonds is 1. The minimum absolute atomic E-state index is 0.178. The van der Waals surface area contributed by atoms with E-state index in [1.54, 1.807) is 6.07 Å². The second-order valence-corrected chi connectivity index (χ2v) is 2.69. The summed E-state index contributed by atoms with van der Waals surface area (Å²) in [6, 6.07) is 3.21. The van der Waals surface area contributed by atoms with Gasteiger partial charge in [0.05, 0.1) is 0 Å². The van der Waals surface area contributed by atoms with Crippen LogP contribution < -0.4 is 0 Å². The fraction of sp³-hybridized carbons (Fsp3) is 0.333. The molecule has 0 radical (unpaired) electrons. The topological polar surface area (TPSA) is 20.2 Å². The van der Waals surface area contributed by atoms with Gasteiger partial charge in [0.2, 0.25) is 0 Å². The zero-order chi connectivity index (χ0) is 8.43. The summed E-state index contributed by atoms with van der Waals surface area (Å²) >= 11 is 0. The van der Waals surface area contributed by atoms with E-state index < -0.39 is 6.67 Å². The molecule has 0 fully saturated rings. The van der Waals surface area contributed by atoms with E-state index >= 15 is 0 Å². The Kier molecular flexibility index (Phi) is 2.13. The fourth-order valence-electron chi connectivity index (χ4n) is 0.991. The van der Waals surface area contributed by atoms with Crippen molar-refractivity contribution < 1.29 is 9.50 Å². The molecule has 11 heavy (non-hydrogen) atoms. The van der Waals surface area contributed by atoms with E-state index in [1.807, 2.05) is 13.8 Å². The van der Waals surface area contributed by atoms with Crippen molar-refractivity contribution in [1.29, 1.82) is 0 Å². The summed E-state index contributed by atoms with van der Waals surface area (Å²) in [5.41, 5.74) is 2.28. The van der Waals surface area contributed by atoms with E-state index in [0.717, 1.165) is 11.1 Å². The van der Waals surface area contributed by atoms with E-state index in [-0.39, 0.29) is 5.75 Å². The third kappa shape index (κ3) is 1.50. The number of alkyl halides is 1. The highest BCUT2D eigenvalue weighted by molar-refractivity contribution is 5.41. The van der Waals surface area contributed by atoms with E-state index in [9.17, 15) is 9.50 Å². The lowest BCUT2D eigenvalue weighted by molar-refractivity contribution is 0.459. The van der Waals surface area contributed by atoms with Crippen molar-refractivity contribution in [3.63, 3.8) is 0 Å². The maximum Gasteiger partial charge on any atom is 0.119 e. The Hall–Kier alpha value is -1.05. The highest BCUT2D eigenvalue weighted by Gasteiger charge is 2.01. The number of halogens is 1. The molecule has 0 atom stereocenters. The lowest BCUT2D eigenvalue weighted by Gasteiger charge is -2.04. The highest BCUT2D eigenvalue weighted by atomic mass is 19.1. The molecule has 0 saturated carbocycles. The highest BCUT2D eigenvalue weighted by Crippen LogP contribution is 2.22. The third-order valence-corrected chi connectivity index (χ3v) is 1.85. The Balaban J connectivity index is 3.21. The maximum atomic E-state index is 12.1. The lowest BCUT2D eigenvalue weighted by Crippen LogP contribution is -1.85. The zero-order valence-electron chi connectivity index (χ0n) is 6.69. The number of aryl methyl sites for hydroxylation is 1. The second-order valence-electron chi connectivity index (χ2n) is 2.69. The van der Waals surface area contributed by atoms with Crippen LogP contribution in [0.3, 0.4) is 0 Å². The van der Waals surface area contributed by atoms with Crippen LogP contribution in [0.15, 0.2) is 12.1 Å². The summed E-state index contributed by atoms with van der Waals surface area (Å²) < 4.78 is 12.1. The monoisotopic (exact) mass is 154 g/mol. The van der Waals surface area contributed by atoms with Crippen LogP contribution in [-0.4, -0.2) is 5.11 Å². The molecule has 1 rings (SSSR count). The van der Waals surface area contributed by atoms with Crippen LogP contribution in [0.25, 0.3) is 0 Å². The molecule has 1 nitrogen and oxygen atoms in total. The van der Waals surface area contributed by atoms with Crippen molar-refractivity contribution >= 4 is 0 Å². The molecule has 1 aromatic rings. The standard InChI is InChI=1S/C9H11FO/c1-6-3-8(5-10)4-9(11)7(6)2/h3-4,11H,5H2,1-2H3. The lowest BCUT2D eigenvalue weighted by atomic mass is 10.1. The normalized spacial score (nSPS) is 10.1. The van der Waals surface area contributed by atoms with Gasteiger partial charge in [0.25, 0.3) is 0 Å². The minimum Gasteiger partial charge on any atom is -0.508 e. The summed E-state index contributed by atoms with van der Waals surface area (Å²) in [6.07, 6.45) is 0. The van der Waals surface area contributed by atoms with Crippen LogP contribution in [-0.2, 0) is 6.67 Å². The Morgan fingerprint density at radius 3 is 2.45 bits per heavy atom. The van der Waals surface area contributed by atoms with E-state index in [0.29, 0.717) is 5.56 Å². The molecule has 0 aliphatic carbocycles. The molecule has 2 heteroatoms. The summed E-state index contributed by atoms with van der Waals surface area (Å²) in [5.74, 6) is 0.178. The Bertz CT molecular complexity index is 245. The predicted octanol–water partition coefficient (Wildman–Crippen LogP) is 2.48. The predicted molar refractivity (Wildman–Crippen MR) is 42.4 cm³/mol. The number of phenolic OH excluding ortho intramolecular Hbond substituents is 1. The van der Waals surface area contributed by atoms with Crippen LogP contribution in [0.2, 0.25) is 0 Å². The molecule has 60 valence electrons. The number of benzene rings is 1. The summed E-state index contributed by atoms with van der Waals surface area (Å²) in [4.78, 5) is 0. The number of aromatic hydroxyl groups is 1. The summed E-state index contributed by atoms with van der Waals surface area (Å²) in [5, 5.41) is 9.25. The van der Waals surface area contributed by atoms with Gasteiger partial charge in [-0.15, -0.1) is 0 Å². The molecule has 0 bridgehead atoms. The Labute approximate surface area is 65.5 Å². The van der Waals surface area contributed by atoms with E-state index in [1.165, 1.54) is 6.07 Å². The van der Waals surface area contributed by atoms with Gasteiger partial charge in [-0.25, -0.2) is 4.39 Å². The average Bonchev–Trinajstić information content (AvgIpc) is 1.99. The molecule has 0 amide bonds. The van der Waals surface area contributed by atoms with Gasteiger partial charge >= 0.3 is 0 Å². The quantitative estimate of drug-likeness (QED) is 0.658. The first-order chi connectivity index (χ1) is 5.15. The van der Waals surface area contributed by atoms with Gasteiger partial charge in [-0.1, -0.05) is 6.07 Å². The van der Waals surface area contributed by atoms with Crippen LogP contribution in [0, 0.1) is 13.8 Å². The van der Waals surface area contributed by atoms with Crippen molar-refractivity contribution in [3.8, 4) is 5.75 Å². The van der Waals surface area contributed by atoms with Crippen LogP contribution in [0.1, 0.15) is 16.7 Å². The van der Waals surface area contributed by atoms with Crippen molar-refractivity contribution in [3.05, 3.63) is 28.8 Å². The second kappa shape index (κ2) is 2.91. The molecular formula is C9H11FO. The molecule has 0 aliphatic rings. The van der Waals surface area contributed by atoms with Crippen molar-refractivity contribution in [1.82, 2.24) is 0 Å². The Morgan fingerprint density at radius 1 is 1.36 bits per heavy atom. The molecule has 1 N–H and O–H groups in total. The van der Waals surface area contributed by atoms with Crippen molar-refractivity contribution in [2.75, 3.05) is 0 Å². The van der Waals surface area contributed by atoms with Gasteiger partial charge in [-0.3, -0.25) is 0 Å². The minimum atomic E-state index is -0.519. The molecule has 0 spiro atoms. The van der Waals surface area contributed by atoms with Gasteiger partial charge in [0, 0.05) is 0 Å². The third-order valence-electron chi connectivity index (χ3n) is 1.85. The first-order valence-electron chi connectivity index (χ1n) is 3.50. The fourth-order valence-corrected chi connectivity index (χ4v) is 0.991. The molecule has 0 saturated heterocycles. The summed E-state index contributed by atoms with van der Waals surface area (Å²) in [6.45, 7) is 3.15.